The van der Waals surface area contributed by atoms with E-state index >= 15 is 0 Å². The average Bonchev–Trinajstić information content (AvgIpc) is 3.52. The first kappa shape index (κ1) is 18.5. The molecule has 1 aliphatic heterocycles. The minimum Gasteiger partial charge on any atom is -0.342 e. The lowest BCUT2D eigenvalue weighted by atomic mass is 9.94. The van der Waals surface area contributed by atoms with Crippen LogP contribution in [-0.2, 0) is 11.3 Å². The van der Waals surface area contributed by atoms with Crippen LogP contribution in [-0.4, -0.2) is 41.9 Å². The van der Waals surface area contributed by atoms with Crippen molar-refractivity contribution in [2.75, 3.05) is 26.2 Å². The average molecular weight is 365 g/mol. The standard InChI is InChI=1S/C24H32N2O/c1-2-14-26(17-19-10-11-19)24(27)21-12-15-25(16-13-21)18-22-8-5-7-20-6-3-4-9-23(20)22/h3-9,19,21H,2,10-18H2,1H3. The van der Waals surface area contributed by atoms with Gasteiger partial charge in [-0.25, -0.2) is 0 Å². The van der Waals surface area contributed by atoms with Crippen LogP contribution in [0.4, 0.5) is 0 Å². The summed E-state index contributed by atoms with van der Waals surface area (Å²) in [6.07, 6.45) is 5.72. The predicted octanol–water partition coefficient (Wildman–Crippen LogP) is 4.70. The first-order valence-corrected chi connectivity index (χ1v) is 10.7. The quantitative estimate of drug-likeness (QED) is 0.711. The lowest BCUT2D eigenvalue weighted by Crippen LogP contribution is -2.43. The fourth-order valence-corrected chi connectivity index (χ4v) is 4.44. The second-order valence-electron chi connectivity index (χ2n) is 8.42. The third-order valence-electron chi connectivity index (χ3n) is 6.19. The van der Waals surface area contributed by atoms with Gasteiger partial charge in [0.15, 0.2) is 0 Å². The van der Waals surface area contributed by atoms with Crippen LogP contribution in [0.2, 0.25) is 0 Å². The fourth-order valence-electron chi connectivity index (χ4n) is 4.44. The lowest BCUT2D eigenvalue weighted by molar-refractivity contribution is -0.137. The number of carbonyl (C=O) groups is 1. The second-order valence-corrected chi connectivity index (χ2v) is 8.42. The number of likely N-dealkylation sites (tertiary alicyclic amines) is 1. The molecule has 0 aromatic heterocycles. The molecule has 144 valence electrons. The lowest BCUT2D eigenvalue weighted by Gasteiger charge is -2.34. The normalized spacial score (nSPS) is 18.7. The monoisotopic (exact) mass is 364 g/mol. The summed E-state index contributed by atoms with van der Waals surface area (Å²) in [5, 5.41) is 2.67. The third kappa shape index (κ3) is 4.52. The van der Waals surface area contributed by atoms with E-state index < -0.39 is 0 Å². The number of carbonyl (C=O) groups excluding carboxylic acids is 1. The largest absolute Gasteiger partial charge is 0.342 e. The van der Waals surface area contributed by atoms with Crippen molar-refractivity contribution in [1.82, 2.24) is 9.80 Å². The van der Waals surface area contributed by atoms with Crippen molar-refractivity contribution in [2.45, 2.75) is 45.6 Å². The molecular formula is C24H32N2O. The van der Waals surface area contributed by atoms with Gasteiger partial charge in [-0.1, -0.05) is 49.4 Å². The number of hydrogen-bond acceptors (Lipinski definition) is 2. The van der Waals surface area contributed by atoms with Crippen LogP contribution in [0.5, 0.6) is 0 Å². The van der Waals surface area contributed by atoms with Crippen LogP contribution >= 0.6 is 0 Å². The minimum atomic E-state index is 0.235. The summed E-state index contributed by atoms with van der Waals surface area (Å²) in [7, 11) is 0. The zero-order valence-corrected chi connectivity index (χ0v) is 16.6. The first-order chi connectivity index (χ1) is 13.2. The van der Waals surface area contributed by atoms with Crippen LogP contribution in [0.3, 0.4) is 0 Å². The van der Waals surface area contributed by atoms with Crippen LogP contribution in [0.25, 0.3) is 10.8 Å². The Labute approximate surface area is 163 Å². The summed E-state index contributed by atoms with van der Waals surface area (Å²) >= 11 is 0. The van der Waals surface area contributed by atoms with E-state index in [4.69, 9.17) is 0 Å². The molecule has 0 radical (unpaired) electrons. The molecule has 1 saturated heterocycles. The van der Waals surface area contributed by atoms with Gasteiger partial charge in [0.1, 0.15) is 0 Å². The molecular weight excluding hydrogens is 332 g/mol. The van der Waals surface area contributed by atoms with Crippen molar-refractivity contribution >= 4 is 16.7 Å². The molecule has 27 heavy (non-hydrogen) atoms. The van der Waals surface area contributed by atoms with Crippen LogP contribution in [0.1, 0.15) is 44.6 Å². The molecule has 0 unspecified atom stereocenters. The van der Waals surface area contributed by atoms with E-state index in [1.165, 1.54) is 29.2 Å². The maximum atomic E-state index is 13.0. The highest BCUT2D eigenvalue weighted by molar-refractivity contribution is 5.85. The van der Waals surface area contributed by atoms with Crippen molar-refractivity contribution in [3.05, 3.63) is 48.0 Å². The maximum Gasteiger partial charge on any atom is 0.225 e. The van der Waals surface area contributed by atoms with E-state index in [1.807, 2.05) is 0 Å². The molecule has 0 bridgehead atoms. The Balaban J connectivity index is 1.34. The molecule has 2 aromatic rings. The Hall–Kier alpha value is -1.87. The molecule has 4 rings (SSSR count). The minimum absolute atomic E-state index is 0.235. The van der Waals surface area contributed by atoms with Gasteiger partial charge in [0, 0.05) is 25.6 Å². The number of fused-ring (bicyclic) bond motifs is 1. The Morgan fingerprint density at radius 3 is 2.52 bits per heavy atom. The van der Waals surface area contributed by atoms with Crippen molar-refractivity contribution in [2.24, 2.45) is 11.8 Å². The molecule has 1 heterocycles. The highest BCUT2D eigenvalue weighted by atomic mass is 16.2. The molecule has 2 aromatic carbocycles. The molecule has 3 heteroatoms. The van der Waals surface area contributed by atoms with Gasteiger partial charge < -0.3 is 4.90 Å². The summed E-state index contributed by atoms with van der Waals surface area (Å²) in [5.74, 6) is 1.44. The topological polar surface area (TPSA) is 23.6 Å². The predicted molar refractivity (Wildman–Crippen MR) is 112 cm³/mol. The molecule has 1 aliphatic carbocycles. The Morgan fingerprint density at radius 1 is 1.04 bits per heavy atom. The van der Waals surface area contributed by atoms with Crippen molar-refractivity contribution in [1.29, 1.82) is 0 Å². The van der Waals surface area contributed by atoms with E-state index in [9.17, 15) is 4.79 Å². The Bertz CT molecular complexity index is 770. The molecule has 1 amide bonds. The molecule has 0 atom stereocenters. The highest BCUT2D eigenvalue weighted by Gasteiger charge is 2.31. The summed E-state index contributed by atoms with van der Waals surface area (Å²) in [4.78, 5) is 17.7. The zero-order valence-electron chi connectivity index (χ0n) is 16.6. The summed E-state index contributed by atoms with van der Waals surface area (Å²) in [5.41, 5.74) is 1.40. The Morgan fingerprint density at radius 2 is 1.78 bits per heavy atom. The number of amides is 1. The van der Waals surface area contributed by atoms with Crippen LogP contribution < -0.4 is 0 Å². The number of hydrogen-bond donors (Lipinski definition) is 0. The van der Waals surface area contributed by atoms with Gasteiger partial charge in [0.2, 0.25) is 5.91 Å². The molecule has 2 fully saturated rings. The third-order valence-corrected chi connectivity index (χ3v) is 6.19. The van der Waals surface area contributed by atoms with Crippen molar-refractivity contribution in [3.63, 3.8) is 0 Å². The zero-order chi connectivity index (χ0) is 18.6. The van der Waals surface area contributed by atoms with Gasteiger partial charge in [0.05, 0.1) is 0 Å². The van der Waals surface area contributed by atoms with E-state index in [1.54, 1.807) is 0 Å². The van der Waals surface area contributed by atoms with Crippen molar-refractivity contribution < 1.29 is 4.79 Å². The fraction of sp³-hybridized carbons (Fsp3) is 0.542. The molecule has 1 saturated carbocycles. The van der Waals surface area contributed by atoms with E-state index in [-0.39, 0.29) is 5.92 Å². The summed E-state index contributed by atoms with van der Waals surface area (Å²) in [6.45, 7) is 7.17. The number of rotatable bonds is 7. The number of piperidine rings is 1. The SMILES string of the molecule is CCCN(CC1CC1)C(=O)C1CCN(Cc2cccc3ccccc23)CC1. The maximum absolute atomic E-state index is 13.0. The molecule has 3 nitrogen and oxygen atoms in total. The first-order valence-electron chi connectivity index (χ1n) is 10.7. The van der Waals surface area contributed by atoms with Crippen molar-refractivity contribution in [3.8, 4) is 0 Å². The van der Waals surface area contributed by atoms with E-state index in [0.717, 1.165) is 57.9 Å². The van der Waals surface area contributed by atoms with Gasteiger partial charge in [-0.3, -0.25) is 9.69 Å². The molecule has 2 aliphatic rings. The van der Waals surface area contributed by atoms with Crippen LogP contribution in [0.15, 0.2) is 42.5 Å². The van der Waals surface area contributed by atoms with Gasteiger partial charge >= 0.3 is 0 Å². The smallest absolute Gasteiger partial charge is 0.225 e. The summed E-state index contributed by atoms with van der Waals surface area (Å²) < 4.78 is 0. The van der Waals surface area contributed by atoms with Gasteiger partial charge in [0.25, 0.3) is 0 Å². The molecule has 0 spiro atoms. The number of benzene rings is 2. The molecule has 0 N–H and O–H groups in total. The Kier molecular flexibility index (Phi) is 5.77. The summed E-state index contributed by atoms with van der Waals surface area (Å²) in [6, 6.07) is 15.2. The number of nitrogens with zero attached hydrogens (tertiary/aromatic N) is 2. The van der Waals surface area contributed by atoms with Crippen LogP contribution in [0, 0.1) is 11.8 Å². The van der Waals surface area contributed by atoms with Gasteiger partial charge in [-0.15, -0.1) is 0 Å². The highest BCUT2D eigenvalue weighted by Crippen LogP contribution is 2.31. The second kappa shape index (κ2) is 8.43. The van der Waals surface area contributed by atoms with Gasteiger partial charge in [-0.05, 0) is 67.4 Å². The van der Waals surface area contributed by atoms with E-state index in [0.29, 0.717) is 5.91 Å². The van der Waals surface area contributed by atoms with Gasteiger partial charge in [-0.2, -0.15) is 0 Å². The van der Waals surface area contributed by atoms with E-state index in [2.05, 4.69) is 59.2 Å².